The lowest BCUT2D eigenvalue weighted by Gasteiger charge is -2.23. The Kier molecular flexibility index (Phi) is 5.51. The molecule has 0 radical (unpaired) electrons. The van der Waals surface area contributed by atoms with Gasteiger partial charge in [0.25, 0.3) is 5.91 Å². The van der Waals surface area contributed by atoms with E-state index in [2.05, 4.69) is 10.3 Å². The second-order valence-corrected chi connectivity index (χ2v) is 6.32. The Hall–Kier alpha value is -0.980. The van der Waals surface area contributed by atoms with E-state index >= 15 is 0 Å². The van der Waals surface area contributed by atoms with Crippen LogP contribution in [0.2, 0.25) is 0 Å². The second kappa shape index (κ2) is 7.15. The average Bonchev–Trinajstić information content (AvgIpc) is 2.75. The molecule has 20 heavy (non-hydrogen) atoms. The van der Waals surface area contributed by atoms with E-state index < -0.39 is 6.10 Å². The lowest BCUT2D eigenvalue weighted by Crippen LogP contribution is -2.32. The number of thiazole rings is 1. The largest absolute Gasteiger partial charge is 0.376 e. The normalized spacial score (nSPS) is 20.6. The van der Waals surface area contributed by atoms with Crippen molar-refractivity contribution >= 4 is 22.4 Å². The maximum atomic E-state index is 12.0. The molecule has 0 spiro atoms. The van der Waals surface area contributed by atoms with Crippen molar-refractivity contribution in [2.24, 2.45) is 0 Å². The highest BCUT2D eigenvalue weighted by Gasteiger charge is 2.19. The molecule has 2 rings (SSSR count). The van der Waals surface area contributed by atoms with Crippen molar-refractivity contribution in [3.05, 3.63) is 10.6 Å². The van der Waals surface area contributed by atoms with Crippen molar-refractivity contribution in [2.75, 3.05) is 18.5 Å². The zero-order chi connectivity index (χ0) is 14.5. The molecule has 1 fully saturated rings. The van der Waals surface area contributed by atoms with Gasteiger partial charge in [-0.1, -0.05) is 0 Å². The van der Waals surface area contributed by atoms with Gasteiger partial charge in [0.1, 0.15) is 6.10 Å². The molecule has 0 bridgehead atoms. The van der Waals surface area contributed by atoms with Crippen LogP contribution in [0.1, 0.15) is 36.8 Å². The highest BCUT2D eigenvalue weighted by molar-refractivity contribution is 7.15. The molecule has 1 N–H and O–H groups in total. The van der Waals surface area contributed by atoms with Gasteiger partial charge < -0.3 is 9.47 Å². The van der Waals surface area contributed by atoms with Crippen LogP contribution < -0.4 is 5.32 Å². The quantitative estimate of drug-likeness (QED) is 0.908. The summed E-state index contributed by atoms with van der Waals surface area (Å²) in [6, 6.07) is 0. The van der Waals surface area contributed by atoms with Crippen molar-refractivity contribution in [2.45, 2.75) is 52.2 Å². The highest BCUT2D eigenvalue weighted by atomic mass is 32.1. The minimum absolute atomic E-state index is 0.128. The molecule has 1 aromatic rings. The zero-order valence-electron chi connectivity index (χ0n) is 12.3. The summed E-state index contributed by atoms with van der Waals surface area (Å²) in [5.74, 6) is -0.158. The third-order valence-electron chi connectivity index (χ3n) is 3.43. The van der Waals surface area contributed by atoms with Crippen molar-refractivity contribution < 1.29 is 14.3 Å². The summed E-state index contributed by atoms with van der Waals surface area (Å²) in [7, 11) is 0. The van der Waals surface area contributed by atoms with Crippen molar-refractivity contribution in [1.29, 1.82) is 0 Å². The fourth-order valence-corrected chi connectivity index (χ4v) is 2.82. The summed E-state index contributed by atoms with van der Waals surface area (Å²) < 4.78 is 11.2. The molecule has 6 heteroatoms. The molecule has 0 saturated carbocycles. The molecule has 0 aromatic carbocycles. The number of ether oxygens (including phenoxy) is 2. The lowest BCUT2D eigenvalue weighted by atomic mass is 10.1. The number of hydrogen-bond acceptors (Lipinski definition) is 5. The number of carbonyl (C=O) groups is 1. The molecule has 1 aliphatic heterocycles. The standard InChI is InChI=1S/C14H22N2O3S/c1-9-11(3)20-14(15-9)16-13(17)10(2)19-8-12-6-4-5-7-18-12/h10,12H,4-8H2,1-3H3,(H,15,16,17). The van der Waals surface area contributed by atoms with Crippen LogP contribution >= 0.6 is 11.3 Å². The Morgan fingerprint density at radius 3 is 2.95 bits per heavy atom. The maximum Gasteiger partial charge on any atom is 0.254 e. The van der Waals surface area contributed by atoms with E-state index in [4.69, 9.17) is 9.47 Å². The first-order valence-corrected chi connectivity index (χ1v) is 7.86. The molecule has 1 aromatic heterocycles. The number of anilines is 1. The first kappa shape index (κ1) is 15.4. The number of nitrogens with one attached hydrogen (secondary N) is 1. The topological polar surface area (TPSA) is 60.5 Å². The van der Waals surface area contributed by atoms with Gasteiger partial charge in [0, 0.05) is 11.5 Å². The van der Waals surface area contributed by atoms with E-state index in [-0.39, 0.29) is 12.0 Å². The number of aromatic nitrogens is 1. The Labute approximate surface area is 123 Å². The van der Waals surface area contributed by atoms with E-state index in [1.807, 2.05) is 13.8 Å². The first-order chi connectivity index (χ1) is 9.56. The Bertz CT molecular complexity index is 436. The molecule has 1 amide bonds. The van der Waals surface area contributed by atoms with Gasteiger partial charge in [0.2, 0.25) is 0 Å². The van der Waals surface area contributed by atoms with Crippen LogP contribution in [0.25, 0.3) is 0 Å². The van der Waals surface area contributed by atoms with Gasteiger partial charge in [0.15, 0.2) is 5.13 Å². The minimum atomic E-state index is -0.495. The molecule has 2 unspecified atom stereocenters. The lowest BCUT2D eigenvalue weighted by molar-refractivity contribution is -0.130. The number of carbonyl (C=O) groups excluding carboxylic acids is 1. The molecule has 1 saturated heterocycles. The first-order valence-electron chi connectivity index (χ1n) is 7.04. The van der Waals surface area contributed by atoms with Gasteiger partial charge in [0.05, 0.1) is 18.4 Å². The summed E-state index contributed by atoms with van der Waals surface area (Å²) in [5.41, 5.74) is 0.953. The van der Waals surface area contributed by atoms with Crippen LogP contribution in [0.5, 0.6) is 0 Å². The van der Waals surface area contributed by atoms with Crippen LogP contribution in [0.15, 0.2) is 0 Å². The van der Waals surface area contributed by atoms with Crippen molar-refractivity contribution in [1.82, 2.24) is 4.98 Å². The Balaban J connectivity index is 1.76. The predicted octanol–water partition coefficient (Wildman–Crippen LogP) is 2.67. The second-order valence-electron chi connectivity index (χ2n) is 5.11. The van der Waals surface area contributed by atoms with Gasteiger partial charge in [-0.05, 0) is 40.0 Å². The van der Waals surface area contributed by atoms with Crippen LogP contribution in [-0.4, -0.2) is 36.3 Å². The fourth-order valence-electron chi connectivity index (χ4n) is 2.00. The van der Waals surface area contributed by atoms with E-state index in [9.17, 15) is 4.79 Å². The third kappa shape index (κ3) is 4.26. The smallest absolute Gasteiger partial charge is 0.254 e. The van der Waals surface area contributed by atoms with E-state index in [1.54, 1.807) is 6.92 Å². The van der Waals surface area contributed by atoms with Gasteiger partial charge in [-0.15, -0.1) is 11.3 Å². The number of rotatable bonds is 5. The molecule has 5 nitrogen and oxygen atoms in total. The molecular formula is C14H22N2O3S. The zero-order valence-corrected chi connectivity index (χ0v) is 13.1. The van der Waals surface area contributed by atoms with Crippen LogP contribution in [0.4, 0.5) is 5.13 Å². The third-order valence-corrected chi connectivity index (χ3v) is 4.42. The summed E-state index contributed by atoms with van der Waals surface area (Å²) >= 11 is 1.48. The molecule has 2 atom stereocenters. The molecule has 112 valence electrons. The number of amides is 1. The Morgan fingerprint density at radius 2 is 2.35 bits per heavy atom. The van der Waals surface area contributed by atoms with E-state index in [1.165, 1.54) is 17.8 Å². The average molecular weight is 298 g/mol. The van der Waals surface area contributed by atoms with Gasteiger partial charge >= 0.3 is 0 Å². The van der Waals surface area contributed by atoms with Crippen LogP contribution in [0, 0.1) is 13.8 Å². The summed E-state index contributed by atoms with van der Waals surface area (Å²) in [4.78, 5) is 17.4. The summed E-state index contributed by atoms with van der Waals surface area (Å²) in [6.07, 6.45) is 2.94. The van der Waals surface area contributed by atoms with Crippen LogP contribution in [-0.2, 0) is 14.3 Å². The summed E-state index contributed by atoms with van der Waals surface area (Å²) in [6.45, 7) is 6.95. The molecular weight excluding hydrogens is 276 g/mol. The number of hydrogen-bond donors (Lipinski definition) is 1. The SMILES string of the molecule is Cc1nc(NC(=O)C(C)OCC2CCCCO2)sc1C. The van der Waals surface area contributed by atoms with E-state index in [0.29, 0.717) is 11.7 Å². The molecule has 2 heterocycles. The Morgan fingerprint density at radius 1 is 1.55 bits per heavy atom. The minimum Gasteiger partial charge on any atom is -0.376 e. The van der Waals surface area contributed by atoms with Crippen molar-refractivity contribution in [3.63, 3.8) is 0 Å². The maximum absolute atomic E-state index is 12.0. The molecule has 1 aliphatic rings. The van der Waals surface area contributed by atoms with E-state index in [0.717, 1.165) is 30.0 Å². The summed E-state index contributed by atoms with van der Waals surface area (Å²) in [5, 5.41) is 3.43. The molecule has 0 aliphatic carbocycles. The van der Waals surface area contributed by atoms with Gasteiger partial charge in [-0.2, -0.15) is 0 Å². The fraction of sp³-hybridized carbons (Fsp3) is 0.714. The monoisotopic (exact) mass is 298 g/mol. The highest BCUT2D eigenvalue weighted by Crippen LogP contribution is 2.21. The number of aryl methyl sites for hydroxylation is 2. The van der Waals surface area contributed by atoms with Crippen molar-refractivity contribution in [3.8, 4) is 0 Å². The van der Waals surface area contributed by atoms with Gasteiger partial charge in [-0.3, -0.25) is 10.1 Å². The predicted molar refractivity (Wildman–Crippen MR) is 79.2 cm³/mol. The number of nitrogens with zero attached hydrogens (tertiary/aromatic N) is 1. The van der Waals surface area contributed by atoms with Crippen LogP contribution in [0.3, 0.4) is 0 Å². The van der Waals surface area contributed by atoms with Gasteiger partial charge in [-0.25, -0.2) is 4.98 Å².